The summed E-state index contributed by atoms with van der Waals surface area (Å²) in [6.07, 6.45) is 1.09. The molecular weight excluding hydrogens is 288 g/mol. The highest BCUT2D eigenvalue weighted by molar-refractivity contribution is 7.90. The molecule has 1 aromatic carbocycles. The van der Waals surface area contributed by atoms with E-state index in [1.54, 1.807) is 6.92 Å². The van der Waals surface area contributed by atoms with E-state index >= 15 is 0 Å². The van der Waals surface area contributed by atoms with Crippen LogP contribution in [0.25, 0.3) is 0 Å². The maximum absolute atomic E-state index is 12.1. The van der Waals surface area contributed by atoms with E-state index in [9.17, 15) is 17.4 Å². The van der Waals surface area contributed by atoms with Crippen molar-refractivity contribution < 1.29 is 22.5 Å². The van der Waals surface area contributed by atoms with Crippen molar-refractivity contribution in [3.05, 3.63) is 24.3 Å². The second-order valence-corrected chi connectivity index (χ2v) is 8.20. The fourth-order valence-corrected chi connectivity index (χ4v) is 3.37. The largest absolute Gasteiger partial charge is 0.481 e. The van der Waals surface area contributed by atoms with Crippen molar-refractivity contribution in [1.29, 1.82) is 0 Å². The predicted octanol–water partition coefficient (Wildman–Crippen LogP) is 1.31. The summed E-state index contributed by atoms with van der Waals surface area (Å²) >= 11 is 0. The molecular formula is C12H16O5S2. The van der Waals surface area contributed by atoms with Crippen LogP contribution in [0, 0.1) is 5.92 Å². The van der Waals surface area contributed by atoms with Crippen LogP contribution in [0.3, 0.4) is 0 Å². The number of carbonyl (C=O) groups is 1. The number of benzene rings is 1. The van der Waals surface area contributed by atoms with Crippen LogP contribution in [0.4, 0.5) is 0 Å². The Morgan fingerprint density at radius 2 is 1.68 bits per heavy atom. The molecule has 3 atom stereocenters. The Morgan fingerprint density at radius 3 is 2.05 bits per heavy atom. The molecule has 0 bridgehead atoms. The summed E-state index contributed by atoms with van der Waals surface area (Å²) in [5.41, 5.74) is 0. The van der Waals surface area contributed by atoms with E-state index in [1.807, 2.05) is 0 Å². The second kappa shape index (κ2) is 5.83. The zero-order chi connectivity index (χ0) is 14.8. The van der Waals surface area contributed by atoms with Crippen LogP contribution >= 0.6 is 0 Å². The highest BCUT2D eigenvalue weighted by atomic mass is 32.2. The Hall–Kier alpha value is -1.21. The van der Waals surface area contributed by atoms with E-state index < -0.39 is 37.8 Å². The third kappa shape index (κ3) is 3.87. The minimum Gasteiger partial charge on any atom is -0.481 e. The number of hydrogen-bond donors (Lipinski definition) is 1. The summed E-state index contributed by atoms with van der Waals surface area (Å²) in [5.74, 6) is -1.75. The zero-order valence-corrected chi connectivity index (χ0v) is 12.5. The third-order valence-corrected chi connectivity index (χ3v) is 5.86. The van der Waals surface area contributed by atoms with Gasteiger partial charge in [-0.05, 0) is 31.2 Å². The smallest absolute Gasteiger partial charge is 0.307 e. The molecule has 1 aromatic rings. The molecule has 0 heterocycles. The lowest BCUT2D eigenvalue weighted by Crippen LogP contribution is -2.26. The first-order valence-corrected chi connectivity index (χ1v) is 8.68. The zero-order valence-electron chi connectivity index (χ0n) is 10.9. The molecule has 0 aliphatic rings. The van der Waals surface area contributed by atoms with Crippen LogP contribution in [-0.4, -0.2) is 35.2 Å². The fourth-order valence-electron chi connectivity index (χ4n) is 1.42. The van der Waals surface area contributed by atoms with Crippen LogP contribution in [0.15, 0.2) is 34.1 Å². The monoisotopic (exact) mass is 304 g/mol. The minimum atomic E-state index is -3.29. The highest BCUT2D eigenvalue weighted by Gasteiger charge is 2.25. The molecule has 0 aliphatic heterocycles. The van der Waals surface area contributed by atoms with Crippen molar-refractivity contribution in [3.63, 3.8) is 0 Å². The van der Waals surface area contributed by atoms with Crippen molar-refractivity contribution in [2.45, 2.75) is 28.9 Å². The van der Waals surface area contributed by atoms with E-state index in [-0.39, 0.29) is 4.90 Å². The van der Waals surface area contributed by atoms with Crippen molar-refractivity contribution in [2.24, 2.45) is 5.92 Å². The van der Waals surface area contributed by atoms with Gasteiger partial charge in [0.05, 0.1) is 21.6 Å². The first-order valence-electron chi connectivity index (χ1n) is 5.58. The van der Waals surface area contributed by atoms with Gasteiger partial charge in [0.25, 0.3) is 0 Å². The molecule has 0 aromatic heterocycles. The maximum atomic E-state index is 12.1. The van der Waals surface area contributed by atoms with Gasteiger partial charge in [0, 0.05) is 16.4 Å². The number of carboxylic acid groups (broad SMARTS) is 1. The molecule has 0 amide bonds. The summed E-state index contributed by atoms with van der Waals surface area (Å²) in [4.78, 5) is 11.4. The van der Waals surface area contributed by atoms with Crippen molar-refractivity contribution in [3.8, 4) is 0 Å². The summed E-state index contributed by atoms with van der Waals surface area (Å²) in [6, 6.07) is 5.66. The van der Waals surface area contributed by atoms with E-state index in [1.165, 1.54) is 31.2 Å². The first kappa shape index (κ1) is 15.8. The van der Waals surface area contributed by atoms with Gasteiger partial charge < -0.3 is 5.11 Å². The third-order valence-electron chi connectivity index (χ3n) is 2.92. The number of hydrogen-bond acceptors (Lipinski definition) is 4. The van der Waals surface area contributed by atoms with Crippen molar-refractivity contribution in [2.75, 3.05) is 6.26 Å². The molecule has 0 radical (unpaired) electrons. The normalized spacial score (nSPS) is 16.6. The van der Waals surface area contributed by atoms with Gasteiger partial charge in [-0.1, -0.05) is 6.92 Å². The lowest BCUT2D eigenvalue weighted by Gasteiger charge is -2.15. The predicted molar refractivity (Wildman–Crippen MR) is 72.2 cm³/mol. The van der Waals surface area contributed by atoms with Crippen LogP contribution in [0.1, 0.15) is 13.8 Å². The van der Waals surface area contributed by atoms with Gasteiger partial charge in [-0.2, -0.15) is 0 Å². The molecule has 19 heavy (non-hydrogen) atoms. The fraction of sp³-hybridized carbons (Fsp3) is 0.417. The molecule has 1 N–H and O–H groups in total. The molecule has 5 nitrogen and oxygen atoms in total. The quantitative estimate of drug-likeness (QED) is 0.886. The topological polar surface area (TPSA) is 88.5 Å². The lowest BCUT2D eigenvalue weighted by molar-refractivity contribution is -0.141. The standard InChI is InChI=1S/C12H16O5S2/c1-8(12(13)14)9(2)18(15)10-4-6-11(7-5-10)19(3,16)17/h4-9H,1-3H3,(H,13,14). The number of aliphatic carboxylic acids is 1. The number of carboxylic acids is 1. The average molecular weight is 304 g/mol. The van der Waals surface area contributed by atoms with Gasteiger partial charge in [-0.25, -0.2) is 8.42 Å². The van der Waals surface area contributed by atoms with Gasteiger partial charge >= 0.3 is 5.97 Å². The van der Waals surface area contributed by atoms with Crippen molar-refractivity contribution >= 4 is 26.6 Å². The molecule has 106 valence electrons. The molecule has 0 spiro atoms. The van der Waals surface area contributed by atoms with Gasteiger partial charge in [-0.3, -0.25) is 9.00 Å². The van der Waals surface area contributed by atoms with E-state index in [0.717, 1.165) is 6.26 Å². The molecule has 0 saturated carbocycles. The first-order chi connectivity index (χ1) is 8.64. The minimum absolute atomic E-state index is 0.146. The molecule has 1 rings (SSSR count). The average Bonchev–Trinajstić information content (AvgIpc) is 2.35. The molecule has 0 fully saturated rings. The Bertz CT molecular complexity index is 589. The van der Waals surface area contributed by atoms with Gasteiger partial charge in [-0.15, -0.1) is 0 Å². The summed E-state index contributed by atoms with van der Waals surface area (Å²) in [7, 11) is -4.78. The molecule has 7 heteroatoms. The highest BCUT2D eigenvalue weighted by Crippen LogP contribution is 2.19. The number of rotatable bonds is 5. The van der Waals surface area contributed by atoms with Crippen LogP contribution < -0.4 is 0 Å². The van der Waals surface area contributed by atoms with Crippen LogP contribution in [0.5, 0.6) is 0 Å². The van der Waals surface area contributed by atoms with Crippen LogP contribution in [0.2, 0.25) is 0 Å². The molecule has 0 aliphatic carbocycles. The van der Waals surface area contributed by atoms with Gasteiger partial charge in [0.1, 0.15) is 0 Å². The molecule has 0 saturated heterocycles. The molecule has 3 unspecified atom stereocenters. The summed E-state index contributed by atoms with van der Waals surface area (Å²) in [6.45, 7) is 3.09. The van der Waals surface area contributed by atoms with E-state index in [4.69, 9.17) is 5.11 Å². The number of sulfone groups is 1. The van der Waals surface area contributed by atoms with Crippen molar-refractivity contribution in [1.82, 2.24) is 0 Å². The Labute approximate surface area is 115 Å². The van der Waals surface area contributed by atoms with Gasteiger partial charge in [0.15, 0.2) is 9.84 Å². The van der Waals surface area contributed by atoms with Gasteiger partial charge in [0.2, 0.25) is 0 Å². The Kier molecular flexibility index (Phi) is 4.86. The second-order valence-electron chi connectivity index (χ2n) is 4.37. The summed E-state index contributed by atoms with van der Waals surface area (Å²) in [5, 5.41) is 8.33. The SMILES string of the molecule is CC(C(=O)O)C(C)S(=O)c1ccc(S(C)(=O)=O)cc1. The Balaban J connectivity index is 2.99. The van der Waals surface area contributed by atoms with E-state index in [0.29, 0.717) is 4.90 Å². The lowest BCUT2D eigenvalue weighted by atomic mass is 10.1. The van der Waals surface area contributed by atoms with E-state index in [2.05, 4.69) is 0 Å². The summed E-state index contributed by atoms with van der Waals surface area (Å²) < 4.78 is 34.7. The maximum Gasteiger partial charge on any atom is 0.307 e. The van der Waals surface area contributed by atoms with Crippen LogP contribution in [-0.2, 0) is 25.4 Å². The Morgan fingerprint density at radius 1 is 1.21 bits per heavy atom.